The van der Waals surface area contributed by atoms with Crippen LogP contribution in [0.1, 0.15) is 6.92 Å². The number of carbonyl (C=O) groups is 1. The largest absolute Gasteiger partial charge is 0.435 e. The van der Waals surface area contributed by atoms with Crippen LogP contribution in [0.15, 0.2) is 53.7 Å². The van der Waals surface area contributed by atoms with Gasteiger partial charge in [-0.1, -0.05) is 23.9 Å². The van der Waals surface area contributed by atoms with Gasteiger partial charge in [-0.15, -0.1) is 0 Å². The number of alkyl halides is 2. The molecule has 0 aliphatic heterocycles. The molecule has 3 aromatic rings. The van der Waals surface area contributed by atoms with Gasteiger partial charge < -0.3 is 15.4 Å². The Morgan fingerprint density at radius 3 is 2.61 bits per heavy atom. The van der Waals surface area contributed by atoms with Gasteiger partial charge >= 0.3 is 6.61 Å². The number of fused-ring (bicyclic) bond motifs is 1. The zero-order valence-corrected chi connectivity index (χ0v) is 15.8. The first-order chi connectivity index (χ1) is 13.5. The fourth-order valence-corrected chi connectivity index (χ4v) is 3.12. The Labute approximate surface area is 164 Å². The van der Waals surface area contributed by atoms with Crippen LogP contribution in [0.3, 0.4) is 0 Å². The molecular formula is C19H18F2N4O2S. The average molecular weight is 404 g/mol. The minimum absolute atomic E-state index is 0.0305. The van der Waals surface area contributed by atoms with E-state index in [4.69, 9.17) is 0 Å². The molecule has 0 bridgehead atoms. The molecule has 2 aromatic carbocycles. The lowest BCUT2D eigenvalue weighted by molar-refractivity contribution is -0.113. The smallest absolute Gasteiger partial charge is 0.387 e. The molecule has 1 aromatic heterocycles. The van der Waals surface area contributed by atoms with Crippen molar-refractivity contribution in [3.8, 4) is 5.75 Å². The third-order valence-corrected chi connectivity index (χ3v) is 4.47. The highest BCUT2D eigenvalue weighted by Gasteiger charge is 2.10. The van der Waals surface area contributed by atoms with Crippen molar-refractivity contribution in [2.24, 2.45) is 0 Å². The van der Waals surface area contributed by atoms with Crippen molar-refractivity contribution in [1.29, 1.82) is 0 Å². The van der Waals surface area contributed by atoms with Gasteiger partial charge in [0.15, 0.2) is 5.16 Å². The molecule has 0 saturated heterocycles. The normalized spacial score (nSPS) is 10.9. The number of anilines is 2. The molecule has 0 atom stereocenters. The second-order valence-electron chi connectivity index (χ2n) is 5.64. The van der Waals surface area contributed by atoms with E-state index >= 15 is 0 Å². The number of para-hydroxylation sites is 1. The Morgan fingerprint density at radius 2 is 1.89 bits per heavy atom. The third kappa shape index (κ3) is 5.29. The third-order valence-electron chi connectivity index (χ3n) is 3.62. The number of hydrogen-bond donors (Lipinski definition) is 2. The predicted molar refractivity (Wildman–Crippen MR) is 106 cm³/mol. The molecule has 0 spiro atoms. The summed E-state index contributed by atoms with van der Waals surface area (Å²) in [4.78, 5) is 21.1. The van der Waals surface area contributed by atoms with Crippen molar-refractivity contribution in [1.82, 2.24) is 9.97 Å². The van der Waals surface area contributed by atoms with E-state index in [1.54, 1.807) is 0 Å². The van der Waals surface area contributed by atoms with Crippen molar-refractivity contribution in [2.45, 2.75) is 18.7 Å². The van der Waals surface area contributed by atoms with Gasteiger partial charge in [0.2, 0.25) is 5.91 Å². The number of aromatic nitrogens is 2. The summed E-state index contributed by atoms with van der Waals surface area (Å²) in [5, 5.41) is 7.31. The SMILES string of the molecule is CCNc1nc(SCC(=O)Nc2ccc(OC(F)F)cc2)nc2ccccc12. The lowest BCUT2D eigenvalue weighted by Gasteiger charge is -2.09. The number of nitrogens with one attached hydrogen (secondary N) is 2. The highest BCUT2D eigenvalue weighted by molar-refractivity contribution is 7.99. The van der Waals surface area contributed by atoms with E-state index in [9.17, 15) is 13.6 Å². The van der Waals surface area contributed by atoms with Crippen LogP contribution in [0.4, 0.5) is 20.3 Å². The number of hydrogen-bond acceptors (Lipinski definition) is 6. The first-order valence-electron chi connectivity index (χ1n) is 8.53. The molecule has 6 nitrogen and oxygen atoms in total. The molecule has 1 amide bonds. The number of carbonyl (C=O) groups excluding carboxylic acids is 1. The van der Waals surface area contributed by atoms with Crippen LogP contribution in [0.5, 0.6) is 5.75 Å². The lowest BCUT2D eigenvalue weighted by Crippen LogP contribution is -2.14. The molecule has 9 heteroatoms. The van der Waals surface area contributed by atoms with Crippen LogP contribution in [0.25, 0.3) is 10.9 Å². The topological polar surface area (TPSA) is 76.1 Å². The van der Waals surface area contributed by atoms with Crippen molar-refractivity contribution >= 4 is 40.1 Å². The monoisotopic (exact) mass is 404 g/mol. The van der Waals surface area contributed by atoms with Crippen molar-refractivity contribution in [3.63, 3.8) is 0 Å². The molecule has 2 N–H and O–H groups in total. The van der Waals surface area contributed by atoms with Gasteiger partial charge in [-0.05, 0) is 43.3 Å². The molecule has 28 heavy (non-hydrogen) atoms. The number of benzene rings is 2. The molecule has 0 aliphatic carbocycles. The van der Waals surface area contributed by atoms with Gasteiger partial charge in [0.1, 0.15) is 11.6 Å². The summed E-state index contributed by atoms with van der Waals surface area (Å²) in [6, 6.07) is 13.4. The van der Waals surface area contributed by atoms with Crippen LogP contribution < -0.4 is 15.4 Å². The van der Waals surface area contributed by atoms with Gasteiger partial charge in [0.05, 0.1) is 11.3 Å². The van der Waals surface area contributed by atoms with E-state index in [2.05, 4.69) is 25.3 Å². The molecule has 0 radical (unpaired) electrons. The van der Waals surface area contributed by atoms with E-state index in [0.29, 0.717) is 10.8 Å². The number of nitrogens with zero attached hydrogens (tertiary/aromatic N) is 2. The summed E-state index contributed by atoms with van der Waals surface area (Å²) in [7, 11) is 0. The van der Waals surface area contributed by atoms with Gasteiger partial charge in [0.25, 0.3) is 0 Å². The zero-order chi connectivity index (χ0) is 19.9. The highest BCUT2D eigenvalue weighted by Crippen LogP contribution is 2.24. The van der Waals surface area contributed by atoms with Crippen molar-refractivity contribution in [3.05, 3.63) is 48.5 Å². The predicted octanol–water partition coefficient (Wildman–Crippen LogP) is 4.39. The molecule has 146 valence electrons. The number of amides is 1. The van der Waals surface area contributed by atoms with Gasteiger partial charge in [-0.3, -0.25) is 4.79 Å². The van der Waals surface area contributed by atoms with Crippen molar-refractivity contribution < 1.29 is 18.3 Å². The summed E-state index contributed by atoms with van der Waals surface area (Å²) in [5.74, 6) is 0.613. The molecule has 0 fully saturated rings. The van der Waals surface area contributed by atoms with Gasteiger partial charge in [-0.2, -0.15) is 8.78 Å². The molecule has 1 heterocycles. The first-order valence-corrected chi connectivity index (χ1v) is 9.52. The maximum atomic E-state index is 12.2. The summed E-state index contributed by atoms with van der Waals surface area (Å²) >= 11 is 1.22. The maximum absolute atomic E-state index is 12.2. The number of halogens is 2. The first kappa shape index (κ1) is 19.8. The van der Waals surface area contributed by atoms with E-state index in [-0.39, 0.29) is 17.4 Å². The number of thioether (sulfide) groups is 1. The number of rotatable bonds is 8. The molecular weight excluding hydrogens is 386 g/mol. The minimum atomic E-state index is -2.88. The fraction of sp³-hybridized carbons (Fsp3) is 0.211. The van der Waals surface area contributed by atoms with Crippen molar-refractivity contribution in [2.75, 3.05) is 22.9 Å². The Kier molecular flexibility index (Phi) is 6.59. The second kappa shape index (κ2) is 9.32. The Balaban J connectivity index is 1.62. The highest BCUT2D eigenvalue weighted by atomic mass is 32.2. The van der Waals surface area contributed by atoms with E-state index in [1.165, 1.54) is 36.0 Å². The Bertz CT molecular complexity index is 954. The number of ether oxygens (including phenoxy) is 1. The molecule has 0 unspecified atom stereocenters. The van der Waals surface area contributed by atoms with E-state index in [1.807, 2.05) is 31.2 Å². The molecule has 0 aliphatic rings. The van der Waals surface area contributed by atoms with Crippen LogP contribution in [0.2, 0.25) is 0 Å². The van der Waals surface area contributed by atoms with Crippen LogP contribution in [-0.2, 0) is 4.79 Å². The van der Waals surface area contributed by atoms with Crippen LogP contribution in [-0.4, -0.2) is 34.8 Å². The van der Waals surface area contributed by atoms with E-state index < -0.39 is 6.61 Å². The lowest BCUT2D eigenvalue weighted by atomic mass is 10.2. The standard InChI is InChI=1S/C19H18F2N4O2S/c1-2-22-17-14-5-3-4-6-15(14)24-19(25-17)28-11-16(26)23-12-7-9-13(10-8-12)27-18(20)21/h3-10,18H,2,11H2,1H3,(H,23,26)(H,22,24,25). The Hall–Kier alpha value is -2.94. The molecule has 3 rings (SSSR count). The summed E-state index contributed by atoms with van der Waals surface area (Å²) in [5.41, 5.74) is 1.28. The summed E-state index contributed by atoms with van der Waals surface area (Å²) < 4.78 is 28.6. The second-order valence-corrected chi connectivity index (χ2v) is 6.58. The fourth-order valence-electron chi connectivity index (χ4n) is 2.47. The van der Waals surface area contributed by atoms with Crippen LogP contribution >= 0.6 is 11.8 Å². The maximum Gasteiger partial charge on any atom is 0.387 e. The average Bonchev–Trinajstić information content (AvgIpc) is 2.68. The summed E-state index contributed by atoms with van der Waals surface area (Å²) in [6.07, 6.45) is 0. The quantitative estimate of drug-likeness (QED) is 0.428. The van der Waals surface area contributed by atoms with E-state index in [0.717, 1.165) is 23.3 Å². The van der Waals surface area contributed by atoms with Gasteiger partial charge in [-0.25, -0.2) is 9.97 Å². The summed E-state index contributed by atoms with van der Waals surface area (Å²) in [6.45, 7) is -0.183. The Morgan fingerprint density at radius 1 is 1.14 bits per heavy atom. The van der Waals surface area contributed by atoms with Gasteiger partial charge in [0, 0.05) is 17.6 Å². The van der Waals surface area contributed by atoms with Crippen LogP contribution in [0, 0.1) is 0 Å². The molecule has 0 saturated carbocycles. The zero-order valence-electron chi connectivity index (χ0n) is 15.0. The minimum Gasteiger partial charge on any atom is -0.435 e.